The minimum atomic E-state index is -1.66. The van der Waals surface area contributed by atoms with Crippen LogP contribution >= 0.6 is 0 Å². The van der Waals surface area contributed by atoms with Crippen LogP contribution in [0.4, 0.5) is 0 Å². The second-order valence-electron chi connectivity index (χ2n) is 8.34. The fourth-order valence-electron chi connectivity index (χ4n) is 5.09. The van der Waals surface area contributed by atoms with Crippen molar-refractivity contribution in [2.75, 3.05) is 0 Å². The van der Waals surface area contributed by atoms with Crippen molar-refractivity contribution in [3.05, 3.63) is 75.0 Å². The average Bonchev–Trinajstić information content (AvgIpc) is 3.21. The number of allylic oxidation sites excluding steroid dienone is 4. The molecule has 2 aromatic carbocycles. The van der Waals surface area contributed by atoms with Gasteiger partial charge in [0.1, 0.15) is 8.07 Å². The van der Waals surface area contributed by atoms with Crippen molar-refractivity contribution in [2.24, 2.45) is 0 Å². The molecule has 1 heteroatoms. The van der Waals surface area contributed by atoms with Crippen molar-refractivity contribution in [1.82, 2.24) is 0 Å². The van der Waals surface area contributed by atoms with Crippen molar-refractivity contribution in [1.29, 1.82) is 0 Å². The largest absolute Gasteiger partial charge is 0.108 e. The Hall–Kier alpha value is -1.86. The lowest BCUT2D eigenvalue weighted by Crippen LogP contribution is -2.47. The lowest BCUT2D eigenvalue weighted by atomic mass is 9.91. The molecule has 0 aromatic heterocycles. The van der Waals surface area contributed by atoms with Gasteiger partial charge in [-0.2, -0.15) is 0 Å². The first-order chi connectivity index (χ1) is 11.8. The quantitative estimate of drug-likeness (QED) is 0.513. The van der Waals surface area contributed by atoms with Crippen LogP contribution in [0.2, 0.25) is 13.1 Å². The summed E-state index contributed by atoms with van der Waals surface area (Å²) in [7, 11) is -1.66. The molecule has 0 fully saturated rings. The Morgan fingerprint density at radius 3 is 2.32 bits per heavy atom. The van der Waals surface area contributed by atoms with E-state index in [1.807, 2.05) is 0 Å². The number of hydrogen-bond acceptors (Lipinski definition) is 0. The Morgan fingerprint density at radius 2 is 1.64 bits per heavy atom. The molecule has 128 valence electrons. The highest BCUT2D eigenvalue weighted by Crippen LogP contribution is 2.43. The van der Waals surface area contributed by atoms with E-state index in [1.165, 1.54) is 27.8 Å². The molecule has 0 saturated carbocycles. The number of hydrogen-bond donors (Lipinski definition) is 0. The summed E-state index contributed by atoms with van der Waals surface area (Å²) in [5.74, 6) is 0. The fraction of sp³-hybridized carbons (Fsp3) is 0.333. The number of fused-ring (bicyclic) bond motifs is 3. The Kier molecular flexibility index (Phi) is 3.70. The Bertz CT molecular complexity index is 955. The Labute approximate surface area is 153 Å². The number of rotatable bonds is 2. The summed E-state index contributed by atoms with van der Waals surface area (Å²) in [5, 5.41) is 3.38. The van der Waals surface area contributed by atoms with Gasteiger partial charge in [0.15, 0.2) is 0 Å². The van der Waals surface area contributed by atoms with Crippen LogP contribution in [0.5, 0.6) is 0 Å². The highest BCUT2D eigenvalue weighted by Gasteiger charge is 2.37. The maximum absolute atomic E-state index is 2.55. The molecule has 0 atom stereocenters. The normalized spacial score (nSPS) is 15.4. The Morgan fingerprint density at radius 1 is 0.880 bits per heavy atom. The molecule has 4 rings (SSSR count). The molecule has 0 nitrogen and oxygen atoms in total. The zero-order valence-corrected chi connectivity index (χ0v) is 17.4. The molecule has 25 heavy (non-hydrogen) atoms. The zero-order valence-electron chi connectivity index (χ0n) is 16.4. The van der Waals surface area contributed by atoms with Gasteiger partial charge < -0.3 is 0 Å². The van der Waals surface area contributed by atoms with Crippen LogP contribution in [-0.4, -0.2) is 8.07 Å². The van der Waals surface area contributed by atoms with Gasteiger partial charge >= 0.3 is 0 Å². The topological polar surface area (TPSA) is 0 Å². The van der Waals surface area contributed by atoms with E-state index in [4.69, 9.17) is 0 Å². The summed E-state index contributed by atoms with van der Waals surface area (Å²) in [6.07, 6.45) is 9.22. The molecule has 0 N–H and O–H groups in total. The van der Waals surface area contributed by atoms with Gasteiger partial charge in [-0.05, 0) is 90.2 Å². The maximum atomic E-state index is 2.55. The number of aryl methyl sites for hydroxylation is 1. The zero-order chi connectivity index (χ0) is 17.9. The van der Waals surface area contributed by atoms with Crippen LogP contribution in [0.15, 0.2) is 41.6 Å². The Balaban J connectivity index is 2.05. The molecule has 0 unspecified atom stereocenters. The minimum Gasteiger partial charge on any atom is -0.0809 e. The fourth-order valence-corrected chi connectivity index (χ4v) is 8.65. The second kappa shape index (κ2) is 5.57. The smallest absolute Gasteiger partial charge is 0.0809 e. The van der Waals surface area contributed by atoms with E-state index in [1.54, 1.807) is 27.1 Å². The maximum Gasteiger partial charge on any atom is 0.108 e. The molecule has 0 radical (unpaired) electrons. The standard InChI is InChI=1S/C24H28Si/c1-15-10-9-11-19-14-21-23(22(15)19)17(3)16(2)18(4)24(21)25(5,6)20-12-7-8-13-20/h7-12H,13-14H2,1-6H3. The van der Waals surface area contributed by atoms with Crippen molar-refractivity contribution >= 4 is 13.3 Å². The van der Waals surface area contributed by atoms with Gasteiger partial charge in [0.25, 0.3) is 0 Å². The molecule has 0 aliphatic heterocycles. The lowest BCUT2D eigenvalue weighted by Gasteiger charge is -2.31. The minimum absolute atomic E-state index is 1.11. The molecule has 2 aromatic rings. The van der Waals surface area contributed by atoms with Gasteiger partial charge in [-0.25, -0.2) is 0 Å². The first kappa shape index (κ1) is 16.6. The third-order valence-electron chi connectivity index (χ3n) is 6.65. The van der Waals surface area contributed by atoms with Crippen molar-refractivity contribution in [2.45, 2.75) is 53.6 Å². The van der Waals surface area contributed by atoms with Crippen molar-refractivity contribution in [3.63, 3.8) is 0 Å². The van der Waals surface area contributed by atoms with E-state index in [2.05, 4.69) is 77.2 Å². The van der Waals surface area contributed by atoms with Crippen LogP contribution < -0.4 is 5.19 Å². The predicted molar refractivity (Wildman–Crippen MR) is 113 cm³/mol. The van der Waals surface area contributed by atoms with E-state index in [-0.39, 0.29) is 0 Å². The van der Waals surface area contributed by atoms with Gasteiger partial charge in [0.05, 0.1) is 0 Å². The van der Waals surface area contributed by atoms with Gasteiger partial charge in [-0.3, -0.25) is 0 Å². The SMILES string of the molecule is Cc1cccc2c1-c1c(C)c(C)c(C)c([Si](C)(C)C3=CC=CC3)c1C2. The molecule has 0 bridgehead atoms. The summed E-state index contributed by atoms with van der Waals surface area (Å²) in [4.78, 5) is 0. The summed E-state index contributed by atoms with van der Waals surface area (Å²) < 4.78 is 0. The van der Waals surface area contributed by atoms with E-state index in [0.717, 1.165) is 12.8 Å². The van der Waals surface area contributed by atoms with E-state index < -0.39 is 8.07 Å². The molecular weight excluding hydrogens is 316 g/mol. The summed E-state index contributed by atoms with van der Waals surface area (Å²) in [6, 6.07) is 6.83. The third kappa shape index (κ3) is 2.25. The summed E-state index contributed by atoms with van der Waals surface area (Å²) in [5.41, 5.74) is 12.2. The monoisotopic (exact) mass is 344 g/mol. The molecule has 0 amide bonds. The molecule has 2 aliphatic carbocycles. The van der Waals surface area contributed by atoms with Crippen molar-refractivity contribution < 1.29 is 0 Å². The molecular formula is C24H28Si. The first-order valence-corrected chi connectivity index (χ1v) is 12.4. The highest BCUT2D eigenvalue weighted by molar-refractivity contribution is 6.96. The number of benzene rings is 2. The molecule has 0 heterocycles. The first-order valence-electron chi connectivity index (χ1n) is 9.42. The van der Waals surface area contributed by atoms with Crippen LogP contribution in [0.1, 0.15) is 39.8 Å². The molecule has 0 spiro atoms. The van der Waals surface area contributed by atoms with E-state index >= 15 is 0 Å². The molecule has 0 saturated heterocycles. The predicted octanol–water partition coefficient (Wildman–Crippen LogP) is 5.83. The highest BCUT2D eigenvalue weighted by atomic mass is 28.3. The van der Waals surface area contributed by atoms with Crippen LogP contribution in [0.25, 0.3) is 11.1 Å². The van der Waals surface area contributed by atoms with E-state index in [0.29, 0.717) is 0 Å². The van der Waals surface area contributed by atoms with Gasteiger partial charge in [-0.15, -0.1) is 0 Å². The van der Waals surface area contributed by atoms with Crippen molar-refractivity contribution in [3.8, 4) is 11.1 Å². The van der Waals surface area contributed by atoms with Crippen LogP contribution in [0, 0.1) is 27.7 Å². The summed E-state index contributed by atoms with van der Waals surface area (Å²) >= 11 is 0. The summed E-state index contributed by atoms with van der Waals surface area (Å²) in [6.45, 7) is 14.4. The molecule has 2 aliphatic rings. The second-order valence-corrected chi connectivity index (χ2v) is 12.7. The van der Waals surface area contributed by atoms with E-state index in [9.17, 15) is 0 Å². The van der Waals surface area contributed by atoms with Gasteiger partial charge in [0, 0.05) is 0 Å². The third-order valence-corrected chi connectivity index (χ3v) is 10.6. The van der Waals surface area contributed by atoms with Crippen LogP contribution in [-0.2, 0) is 6.42 Å². The lowest BCUT2D eigenvalue weighted by molar-refractivity contribution is 1.22. The van der Waals surface area contributed by atoms with Gasteiger partial charge in [0.2, 0.25) is 0 Å². The van der Waals surface area contributed by atoms with Gasteiger partial charge in [-0.1, -0.05) is 54.7 Å². The van der Waals surface area contributed by atoms with Crippen LogP contribution in [0.3, 0.4) is 0 Å². The average molecular weight is 345 g/mol.